The third-order valence-electron chi connectivity index (χ3n) is 2.75. The number of esters is 1. The van der Waals surface area contributed by atoms with Gasteiger partial charge in [-0.1, -0.05) is 0 Å². The first-order chi connectivity index (χ1) is 9.20. The number of rotatable bonds is 3. The zero-order valence-electron chi connectivity index (χ0n) is 12.1. The largest absolute Gasteiger partial charge is 0.465 e. The lowest BCUT2D eigenvalue weighted by atomic mass is 10.0. The molecule has 0 saturated carbocycles. The summed E-state index contributed by atoms with van der Waals surface area (Å²) >= 11 is 0. The first kappa shape index (κ1) is 16.0. The van der Waals surface area contributed by atoms with E-state index in [0.29, 0.717) is 11.3 Å². The molecule has 1 aromatic carbocycles. The summed E-state index contributed by atoms with van der Waals surface area (Å²) in [4.78, 5) is 11.5. The summed E-state index contributed by atoms with van der Waals surface area (Å²) < 4.78 is 18.2. The van der Waals surface area contributed by atoms with Crippen molar-refractivity contribution in [2.45, 2.75) is 26.3 Å². The van der Waals surface area contributed by atoms with E-state index < -0.39 is 17.3 Å². The van der Waals surface area contributed by atoms with Crippen LogP contribution in [-0.2, 0) is 4.74 Å². The van der Waals surface area contributed by atoms with E-state index in [-0.39, 0.29) is 5.56 Å². The molecule has 4 N–H and O–H groups in total. The van der Waals surface area contributed by atoms with Crippen molar-refractivity contribution >= 4 is 11.7 Å². The first-order valence-corrected chi connectivity index (χ1v) is 6.06. The van der Waals surface area contributed by atoms with Crippen molar-refractivity contribution in [2.24, 2.45) is 11.6 Å². The molecule has 0 amide bonds. The number of carbonyl (C=O) groups excluding carboxylic acids is 1. The number of hydrogen-bond acceptors (Lipinski definition) is 5. The van der Waals surface area contributed by atoms with Crippen LogP contribution in [-0.4, -0.2) is 23.6 Å². The molecular formula is C14H20FN3O2. The number of ether oxygens (including phenoxy) is 1. The van der Waals surface area contributed by atoms with Crippen LogP contribution in [0.5, 0.6) is 0 Å². The van der Waals surface area contributed by atoms with Crippen molar-refractivity contribution in [1.29, 1.82) is 0 Å². The number of methoxy groups -OCH3 is 1. The Morgan fingerprint density at radius 2 is 1.85 bits per heavy atom. The number of halogens is 1. The van der Waals surface area contributed by atoms with Gasteiger partial charge in [-0.3, -0.25) is 0 Å². The van der Waals surface area contributed by atoms with Gasteiger partial charge >= 0.3 is 5.97 Å². The third kappa shape index (κ3) is 3.48. The Bertz CT molecular complexity index is 536. The number of benzene rings is 1. The SMILES string of the molecule is COC(=O)c1cc(F)cc(/C(=C/N)N(N)C(C)(C)C)c1. The maximum absolute atomic E-state index is 13.6. The van der Waals surface area contributed by atoms with Gasteiger partial charge in [0, 0.05) is 17.3 Å². The zero-order valence-corrected chi connectivity index (χ0v) is 12.1. The Labute approximate surface area is 118 Å². The maximum Gasteiger partial charge on any atom is 0.337 e. The standard InChI is InChI=1S/C14H20FN3O2/c1-14(2,3)18(17)12(8-16)9-5-10(13(19)20-4)7-11(15)6-9/h5-8H,16-17H2,1-4H3/b12-8-. The molecule has 0 aliphatic heterocycles. The molecule has 0 spiro atoms. The minimum Gasteiger partial charge on any atom is -0.465 e. The van der Waals surface area contributed by atoms with Crippen molar-refractivity contribution in [2.75, 3.05) is 7.11 Å². The average Bonchev–Trinajstić information content (AvgIpc) is 2.36. The van der Waals surface area contributed by atoms with Crippen molar-refractivity contribution in [3.8, 4) is 0 Å². The Morgan fingerprint density at radius 3 is 2.30 bits per heavy atom. The molecular weight excluding hydrogens is 261 g/mol. The summed E-state index contributed by atoms with van der Waals surface area (Å²) in [7, 11) is 1.23. The summed E-state index contributed by atoms with van der Waals surface area (Å²) in [6.07, 6.45) is 1.28. The fourth-order valence-electron chi connectivity index (χ4n) is 1.65. The second kappa shape index (κ2) is 5.92. The molecule has 0 atom stereocenters. The van der Waals surface area contributed by atoms with Crippen LogP contribution in [0, 0.1) is 5.82 Å². The summed E-state index contributed by atoms with van der Waals surface area (Å²) in [6, 6.07) is 3.84. The fourth-order valence-corrected chi connectivity index (χ4v) is 1.65. The summed E-state index contributed by atoms with van der Waals surface area (Å²) in [6.45, 7) is 5.66. The van der Waals surface area contributed by atoms with Gasteiger partial charge < -0.3 is 15.5 Å². The number of nitrogens with two attached hydrogens (primary N) is 2. The number of hydrogen-bond donors (Lipinski definition) is 2. The molecule has 0 saturated heterocycles. The van der Waals surface area contributed by atoms with Crippen LogP contribution in [0.3, 0.4) is 0 Å². The summed E-state index contributed by atoms with van der Waals surface area (Å²) in [5, 5.41) is 1.42. The van der Waals surface area contributed by atoms with Crippen molar-refractivity contribution < 1.29 is 13.9 Å². The molecule has 0 bridgehead atoms. The predicted molar refractivity (Wildman–Crippen MR) is 75.7 cm³/mol. The van der Waals surface area contributed by atoms with Crippen LogP contribution >= 0.6 is 0 Å². The topological polar surface area (TPSA) is 81.6 Å². The fraction of sp³-hybridized carbons (Fsp3) is 0.357. The molecule has 0 fully saturated rings. The Hall–Kier alpha value is -2.08. The second-order valence-corrected chi connectivity index (χ2v) is 5.31. The quantitative estimate of drug-likeness (QED) is 0.502. The van der Waals surface area contributed by atoms with Gasteiger partial charge in [-0.15, -0.1) is 0 Å². The molecule has 1 rings (SSSR count). The molecule has 6 heteroatoms. The average molecular weight is 281 g/mol. The molecule has 20 heavy (non-hydrogen) atoms. The highest BCUT2D eigenvalue weighted by Crippen LogP contribution is 2.24. The maximum atomic E-state index is 13.6. The summed E-state index contributed by atoms with van der Waals surface area (Å²) in [5.41, 5.74) is 6.10. The lowest BCUT2D eigenvalue weighted by molar-refractivity contribution is 0.0600. The van der Waals surface area contributed by atoms with E-state index in [1.54, 1.807) is 0 Å². The van der Waals surface area contributed by atoms with E-state index in [1.807, 2.05) is 20.8 Å². The first-order valence-electron chi connectivity index (χ1n) is 6.06. The number of hydrazine groups is 1. The van der Waals surface area contributed by atoms with Crippen LogP contribution in [0.15, 0.2) is 24.4 Å². The smallest absolute Gasteiger partial charge is 0.337 e. The minimum atomic E-state index is -0.624. The van der Waals surface area contributed by atoms with Crippen LogP contribution in [0.25, 0.3) is 5.70 Å². The summed E-state index contributed by atoms with van der Waals surface area (Å²) in [5.74, 6) is 4.80. The number of carbonyl (C=O) groups is 1. The molecule has 1 aromatic rings. The van der Waals surface area contributed by atoms with Crippen molar-refractivity contribution in [3.05, 3.63) is 41.3 Å². The minimum absolute atomic E-state index is 0.101. The van der Waals surface area contributed by atoms with Crippen LogP contribution in [0.2, 0.25) is 0 Å². The Morgan fingerprint density at radius 1 is 1.30 bits per heavy atom. The lowest BCUT2D eigenvalue weighted by Gasteiger charge is -2.35. The Balaban J connectivity index is 3.31. The lowest BCUT2D eigenvalue weighted by Crippen LogP contribution is -2.45. The van der Waals surface area contributed by atoms with Gasteiger partial charge in [0.15, 0.2) is 0 Å². The molecule has 5 nitrogen and oxygen atoms in total. The van der Waals surface area contributed by atoms with Gasteiger partial charge in [-0.2, -0.15) is 0 Å². The highest BCUT2D eigenvalue weighted by Gasteiger charge is 2.22. The highest BCUT2D eigenvalue weighted by molar-refractivity contribution is 5.90. The van der Waals surface area contributed by atoms with E-state index >= 15 is 0 Å². The van der Waals surface area contributed by atoms with E-state index in [4.69, 9.17) is 11.6 Å². The number of nitrogens with zero attached hydrogens (tertiary/aromatic N) is 1. The van der Waals surface area contributed by atoms with Crippen LogP contribution in [0.4, 0.5) is 4.39 Å². The highest BCUT2D eigenvalue weighted by atomic mass is 19.1. The van der Waals surface area contributed by atoms with E-state index in [0.717, 1.165) is 6.07 Å². The monoisotopic (exact) mass is 281 g/mol. The van der Waals surface area contributed by atoms with Crippen LogP contribution < -0.4 is 11.6 Å². The molecule has 0 heterocycles. The van der Waals surface area contributed by atoms with Gasteiger partial charge in [0.05, 0.1) is 18.4 Å². The third-order valence-corrected chi connectivity index (χ3v) is 2.75. The van der Waals surface area contributed by atoms with E-state index in [9.17, 15) is 9.18 Å². The Kier molecular flexibility index (Phi) is 4.73. The van der Waals surface area contributed by atoms with Crippen LogP contribution in [0.1, 0.15) is 36.7 Å². The van der Waals surface area contributed by atoms with Gasteiger partial charge in [0.25, 0.3) is 0 Å². The van der Waals surface area contributed by atoms with Gasteiger partial charge in [-0.05, 0) is 39.0 Å². The normalized spacial score (nSPS) is 12.2. The van der Waals surface area contributed by atoms with Gasteiger partial charge in [0.1, 0.15) is 5.82 Å². The molecule has 0 radical (unpaired) electrons. The molecule has 0 aliphatic rings. The van der Waals surface area contributed by atoms with Gasteiger partial charge in [0.2, 0.25) is 0 Å². The van der Waals surface area contributed by atoms with Crippen molar-refractivity contribution in [1.82, 2.24) is 5.01 Å². The predicted octanol–water partition coefficient (Wildman–Crippen LogP) is 1.84. The van der Waals surface area contributed by atoms with E-state index in [1.165, 1.54) is 30.5 Å². The molecule has 0 aliphatic carbocycles. The molecule has 0 aromatic heterocycles. The van der Waals surface area contributed by atoms with Gasteiger partial charge in [-0.25, -0.2) is 15.0 Å². The molecule has 110 valence electrons. The van der Waals surface area contributed by atoms with Crippen molar-refractivity contribution in [3.63, 3.8) is 0 Å². The van der Waals surface area contributed by atoms with E-state index in [2.05, 4.69) is 4.74 Å². The second-order valence-electron chi connectivity index (χ2n) is 5.31. The zero-order chi connectivity index (χ0) is 15.5. The molecule has 0 unspecified atom stereocenters.